The number of nitrogens with one attached hydrogen (secondary N) is 1. The Bertz CT molecular complexity index is 630. The SMILES string of the molecule is CC(C)(C)OC(=O)Nc1cc(C2(C(O)C(=O)O)CC2)ccc1O. The number of carboxylic acids is 1. The summed E-state index contributed by atoms with van der Waals surface area (Å²) in [7, 11) is 0. The Morgan fingerprint density at radius 3 is 2.39 bits per heavy atom. The van der Waals surface area contributed by atoms with E-state index in [9.17, 15) is 19.8 Å². The standard InChI is InChI=1S/C16H21NO6/c1-15(2,3)23-14(22)17-10-8-9(4-5-11(10)18)16(6-7-16)12(19)13(20)21/h4-5,8,12,18-19H,6-7H2,1-3H3,(H,17,22)(H,20,21). The van der Waals surface area contributed by atoms with E-state index < -0.39 is 29.2 Å². The lowest BCUT2D eigenvalue weighted by atomic mass is 9.89. The Morgan fingerprint density at radius 1 is 1.30 bits per heavy atom. The quantitative estimate of drug-likeness (QED) is 0.631. The molecule has 0 saturated heterocycles. The average molecular weight is 323 g/mol. The number of hydrogen-bond donors (Lipinski definition) is 4. The number of hydrogen-bond acceptors (Lipinski definition) is 5. The van der Waals surface area contributed by atoms with Crippen molar-refractivity contribution in [2.75, 3.05) is 5.32 Å². The van der Waals surface area contributed by atoms with E-state index in [1.807, 2.05) is 0 Å². The highest BCUT2D eigenvalue weighted by Gasteiger charge is 2.53. The van der Waals surface area contributed by atoms with Crippen molar-refractivity contribution in [1.29, 1.82) is 0 Å². The second-order valence-electron chi connectivity index (χ2n) is 6.76. The van der Waals surface area contributed by atoms with Gasteiger partial charge in [0.2, 0.25) is 0 Å². The van der Waals surface area contributed by atoms with Gasteiger partial charge in [-0.1, -0.05) is 6.07 Å². The number of phenols is 1. The average Bonchev–Trinajstić information content (AvgIpc) is 3.19. The van der Waals surface area contributed by atoms with Gasteiger partial charge in [-0.3, -0.25) is 5.32 Å². The molecular formula is C16H21NO6. The molecule has 0 bridgehead atoms. The predicted molar refractivity (Wildman–Crippen MR) is 82.5 cm³/mol. The van der Waals surface area contributed by atoms with E-state index in [2.05, 4.69) is 5.32 Å². The number of amides is 1. The van der Waals surface area contributed by atoms with Gasteiger partial charge in [0.15, 0.2) is 6.10 Å². The molecule has 1 aliphatic carbocycles. The molecule has 4 N–H and O–H groups in total. The zero-order valence-electron chi connectivity index (χ0n) is 13.3. The Kier molecular flexibility index (Phi) is 4.26. The van der Waals surface area contributed by atoms with Crippen LogP contribution in [0, 0.1) is 0 Å². The molecule has 1 saturated carbocycles. The number of carbonyl (C=O) groups excluding carboxylic acids is 1. The largest absolute Gasteiger partial charge is 0.506 e. The lowest BCUT2D eigenvalue weighted by Gasteiger charge is -2.22. The third-order valence-corrected chi connectivity index (χ3v) is 3.75. The highest BCUT2D eigenvalue weighted by molar-refractivity contribution is 5.87. The first-order valence-electron chi connectivity index (χ1n) is 7.29. The molecule has 1 aliphatic rings. The summed E-state index contributed by atoms with van der Waals surface area (Å²) in [5, 5.41) is 31.2. The van der Waals surface area contributed by atoms with Gasteiger partial charge in [0.25, 0.3) is 0 Å². The predicted octanol–water partition coefficient (Wildman–Crippen LogP) is 2.22. The number of aromatic hydroxyl groups is 1. The van der Waals surface area contributed by atoms with Gasteiger partial charge in [-0.05, 0) is 51.3 Å². The van der Waals surface area contributed by atoms with Crippen LogP contribution in [-0.2, 0) is 14.9 Å². The molecule has 0 aromatic heterocycles. The Morgan fingerprint density at radius 2 is 1.91 bits per heavy atom. The summed E-state index contributed by atoms with van der Waals surface area (Å²) in [5.74, 6) is -1.46. The highest BCUT2D eigenvalue weighted by Crippen LogP contribution is 2.52. The monoisotopic (exact) mass is 323 g/mol. The van der Waals surface area contributed by atoms with E-state index in [4.69, 9.17) is 9.84 Å². The first kappa shape index (κ1) is 17.1. The van der Waals surface area contributed by atoms with E-state index in [1.54, 1.807) is 26.8 Å². The lowest BCUT2D eigenvalue weighted by Crippen LogP contribution is -2.34. The van der Waals surface area contributed by atoms with Crippen LogP contribution in [0.3, 0.4) is 0 Å². The molecular weight excluding hydrogens is 302 g/mol. The van der Waals surface area contributed by atoms with E-state index in [0.29, 0.717) is 18.4 Å². The molecule has 2 rings (SSSR count). The molecule has 0 radical (unpaired) electrons. The molecule has 1 atom stereocenters. The molecule has 1 aromatic rings. The van der Waals surface area contributed by atoms with E-state index in [-0.39, 0.29) is 11.4 Å². The van der Waals surface area contributed by atoms with Crippen LogP contribution >= 0.6 is 0 Å². The van der Waals surface area contributed by atoms with Crippen LogP contribution in [0.1, 0.15) is 39.2 Å². The molecule has 126 valence electrons. The van der Waals surface area contributed by atoms with Crippen LogP contribution in [0.2, 0.25) is 0 Å². The first-order chi connectivity index (χ1) is 10.5. The number of carboxylic acid groups (broad SMARTS) is 1. The van der Waals surface area contributed by atoms with E-state index in [0.717, 1.165) is 0 Å². The van der Waals surface area contributed by atoms with Crippen LogP contribution < -0.4 is 5.32 Å². The van der Waals surface area contributed by atoms with Crippen molar-refractivity contribution in [3.63, 3.8) is 0 Å². The molecule has 7 nitrogen and oxygen atoms in total. The van der Waals surface area contributed by atoms with Crippen LogP contribution in [0.25, 0.3) is 0 Å². The summed E-state index contributed by atoms with van der Waals surface area (Å²) < 4.78 is 5.12. The van der Waals surface area contributed by atoms with Crippen molar-refractivity contribution in [2.45, 2.75) is 50.7 Å². The maximum atomic E-state index is 11.8. The third kappa shape index (κ3) is 3.73. The maximum Gasteiger partial charge on any atom is 0.412 e. The van der Waals surface area contributed by atoms with Gasteiger partial charge < -0.3 is 20.1 Å². The van der Waals surface area contributed by atoms with Crippen molar-refractivity contribution in [3.05, 3.63) is 23.8 Å². The zero-order chi connectivity index (χ0) is 17.4. The summed E-state index contributed by atoms with van der Waals surface area (Å²) in [6, 6.07) is 4.38. The Labute approximate surface area is 133 Å². The van der Waals surface area contributed by atoms with Crippen LogP contribution in [-0.4, -0.2) is 39.1 Å². The number of aliphatic hydroxyl groups excluding tert-OH is 1. The van der Waals surface area contributed by atoms with Gasteiger partial charge >= 0.3 is 12.1 Å². The summed E-state index contributed by atoms with van der Waals surface area (Å²) in [4.78, 5) is 22.9. The molecule has 1 fully saturated rings. The molecule has 0 aliphatic heterocycles. The minimum atomic E-state index is -1.53. The Hall–Kier alpha value is -2.28. The number of ether oxygens (including phenoxy) is 1. The summed E-state index contributed by atoms with van der Waals surface area (Å²) in [6.45, 7) is 5.14. The molecule has 1 amide bonds. The molecule has 1 aromatic carbocycles. The zero-order valence-corrected chi connectivity index (χ0v) is 13.3. The molecule has 23 heavy (non-hydrogen) atoms. The summed E-state index contributed by atoms with van der Waals surface area (Å²) in [5.41, 5.74) is -0.893. The third-order valence-electron chi connectivity index (χ3n) is 3.75. The molecule has 7 heteroatoms. The van der Waals surface area contributed by atoms with Gasteiger partial charge in [0.05, 0.1) is 5.69 Å². The number of aliphatic hydroxyl groups is 1. The maximum absolute atomic E-state index is 11.8. The van der Waals surface area contributed by atoms with Gasteiger partial charge in [0.1, 0.15) is 11.4 Å². The van der Waals surface area contributed by atoms with Crippen molar-refractivity contribution in [2.24, 2.45) is 0 Å². The first-order valence-corrected chi connectivity index (χ1v) is 7.29. The fraction of sp³-hybridized carbons (Fsp3) is 0.500. The summed E-state index contributed by atoms with van der Waals surface area (Å²) >= 11 is 0. The van der Waals surface area contributed by atoms with Gasteiger partial charge in [-0.15, -0.1) is 0 Å². The highest BCUT2D eigenvalue weighted by atomic mass is 16.6. The van der Waals surface area contributed by atoms with Crippen molar-refractivity contribution in [1.82, 2.24) is 0 Å². The second-order valence-corrected chi connectivity index (χ2v) is 6.76. The minimum absolute atomic E-state index is 0.112. The minimum Gasteiger partial charge on any atom is -0.506 e. The molecule has 1 unspecified atom stereocenters. The van der Waals surface area contributed by atoms with Crippen molar-refractivity contribution >= 4 is 17.7 Å². The molecule has 0 heterocycles. The van der Waals surface area contributed by atoms with Gasteiger partial charge in [0, 0.05) is 5.41 Å². The van der Waals surface area contributed by atoms with Gasteiger partial charge in [-0.2, -0.15) is 0 Å². The number of phenolic OH excluding ortho intramolecular Hbond substituents is 1. The number of aliphatic carboxylic acids is 1. The second kappa shape index (κ2) is 5.73. The lowest BCUT2D eigenvalue weighted by molar-refractivity contribution is -0.148. The number of rotatable bonds is 4. The molecule has 0 spiro atoms. The van der Waals surface area contributed by atoms with E-state index >= 15 is 0 Å². The number of benzene rings is 1. The van der Waals surface area contributed by atoms with Crippen molar-refractivity contribution < 1.29 is 29.6 Å². The fourth-order valence-electron chi connectivity index (χ4n) is 2.45. The van der Waals surface area contributed by atoms with Gasteiger partial charge in [-0.25, -0.2) is 9.59 Å². The van der Waals surface area contributed by atoms with Crippen LogP contribution in [0.4, 0.5) is 10.5 Å². The normalized spacial score (nSPS) is 17.2. The summed E-state index contributed by atoms with van der Waals surface area (Å²) in [6.07, 6.45) is -1.20. The Balaban J connectivity index is 2.23. The van der Waals surface area contributed by atoms with E-state index in [1.165, 1.54) is 12.1 Å². The fourth-order valence-corrected chi connectivity index (χ4v) is 2.45. The number of anilines is 1. The van der Waals surface area contributed by atoms with Crippen LogP contribution in [0.5, 0.6) is 5.75 Å². The smallest absolute Gasteiger partial charge is 0.412 e. The van der Waals surface area contributed by atoms with Crippen LogP contribution in [0.15, 0.2) is 18.2 Å². The topological polar surface area (TPSA) is 116 Å². The van der Waals surface area contributed by atoms with Crippen molar-refractivity contribution in [3.8, 4) is 5.75 Å². The number of carbonyl (C=O) groups is 2.